The molecular weight excluding hydrogens is 140 g/mol. The topological polar surface area (TPSA) is 0 Å². The van der Waals surface area contributed by atoms with Gasteiger partial charge in [-0.3, -0.25) is 0 Å². The van der Waals surface area contributed by atoms with E-state index in [-0.39, 0.29) is 0 Å². The van der Waals surface area contributed by atoms with Gasteiger partial charge >= 0.3 is 0 Å². The molecule has 0 fully saturated rings. The number of rotatable bonds is 5. The molecule has 0 aliphatic rings. The summed E-state index contributed by atoms with van der Waals surface area (Å²) in [7, 11) is 0. The van der Waals surface area contributed by atoms with Gasteiger partial charge < -0.3 is 0 Å². The third-order valence-corrected chi connectivity index (χ3v) is 4.04. The largest absolute Gasteiger partial charge is 0.155 e. The summed E-state index contributed by atoms with van der Waals surface area (Å²) in [5.74, 6) is 1.32. The molecule has 0 amide bonds. The minimum absolute atomic E-state index is 0.552. The van der Waals surface area contributed by atoms with E-state index >= 15 is 0 Å². The molecule has 62 valence electrons. The van der Waals surface area contributed by atoms with Crippen LogP contribution in [0.4, 0.5) is 0 Å². The third kappa shape index (κ3) is 3.50. The van der Waals surface area contributed by atoms with Crippen molar-refractivity contribution in [3.8, 4) is 0 Å². The molecule has 0 heterocycles. The molecule has 0 saturated carbocycles. The van der Waals surface area contributed by atoms with E-state index in [0.717, 1.165) is 0 Å². The standard InChI is InChI=1S/C9H20S/c1-5-8-10-9(4,6-2)7-3/h5-8H2,1-4H3. The first-order valence-electron chi connectivity index (χ1n) is 4.32. The van der Waals surface area contributed by atoms with Crippen LogP contribution in [0, 0.1) is 0 Å². The van der Waals surface area contributed by atoms with Gasteiger partial charge in [-0.25, -0.2) is 0 Å². The van der Waals surface area contributed by atoms with Crippen molar-refractivity contribution in [2.45, 2.75) is 51.7 Å². The Morgan fingerprint density at radius 2 is 1.60 bits per heavy atom. The van der Waals surface area contributed by atoms with Crippen LogP contribution in [-0.4, -0.2) is 10.5 Å². The summed E-state index contributed by atoms with van der Waals surface area (Å²) >= 11 is 2.12. The van der Waals surface area contributed by atoms with Gasteiger partial charge in [0.2, 0.25) is 0 Å². The summed E-state index contributed by atoms with van der Waals surface area (Å²) in [6.45, 7) is 9.18. The van der Waals surface area contributed by atoms with E-state index in [9.17, 15) is 0 Å². The van der Waals surface area contributed by atoms with Gasteiger partial charge in [-0.05, 0) is 25.0 Å². The summed E-state index contributed by atoms with van der Waals surface area (Å²) in [6.07, 6.45) is 3.91. The Balaban J connectivity index is 3.58. The molecule has 1 heteroatoms. The normalized spacial score (nSPS) is 12.0. The van der Waals surface area contributed by atoms with E-state index in [0.29, 0.717) is 4.75 Å². The Morgan fingerprint density at radius 3 is 1.90 bits per heavy atom. The van der Waals surface area contributed by atoms with Crippen LogP contribution < -0.4 is 0 Å². The second-order valence-corrected chi connectivity index (χ2v) is 4.69. The van der Waals surface area contributed by atoms with Gasteiger partial charge in [-0.2, -0.15) is 11.8 Å². The van der Waals surface area contributed by atoms with Crippen molar-refractivity contribution in [1.82, 2.24) is 0 Å². The number of thioether (sulfide) groups is 1. The van der Waals surface area contributed by atoms with Gasteiger partial charge in [0.1, 0.15) is 0 Å². The molecule has 0 radical (unpaired) electrons. The number of hydrogen-bond donors (Lipinski definition) is 0. The van der Waals surface area contributed by atoms with Crippen LogP contribution in [0.25, 0.3) is 0 Å². The average Bonchev–Trinajstić information content (AvgIpc) is 2.00. The Labute approximate surface area is 69.8 Å². The van der Waals surface area contributed by atoms with Crippen LogP contribution in [0.15, 0.2) is 0 Å². The van der Waals surface area contributed by atoms with Gasteiger partial charge in [0.15, 0.2) is 0 Å². The summed E-state index contributed by atoms with van der Waals surface area (Å²) in [5.41, 5.74) is 0. The SMILES string of the molecule is CCCSC(C)(CC)CC. The van der Waals surface area contributed by atoms with Gasteiger partial charge in [0, 0.05) is 4.75 Å². The maximum atomic E-state index is 2.37. The van der Waals surface area contributed by atoms with Crippen LogP contribution >= 0.6 is 11.8 Å². The molecule has 0 bridgehead atoms. The van der Waals surface area contributed by atoms with Crippen molar-refractivity contribution in [3.63, 3.8) is 0 Å². The van der Waals surface area contributed by atoms with E-state index in [1.54, 1.807) is 0 Å². The van der Waals surface area contributed by atoms with Gasteiger partial charge in [0.05, 0.1) is 0 Å². The first-order valence-corrected chi connectivity index (χ1v) is 5.31. The van der Waals surface area contributed by atoms with Crippen LogP contribution in [0.1, 0.15) is 47.0 Å². The van der Waals surface area contributed by atoms with Crippen molar-refractivity contribution in [3.05, 3.63) is 0 Å². The molecule has 0 saturated heterocycles. The lowest BCUT2D eigenvalue weighted by Crippen LogP contribution is -2.17. The maximum absolute atomic E-state index is 2.37. The fourth-order valence-corrected chi connectivity index (χ4v) is 1.91. The highest BCUT2D eigenvalue weighted by Gasteiger charge is 2.18. The van der Waals surface area contributed by atoms with Crippen LogP contribution in [0.5, 0.6) is 0 Å². The Kier molecular flexibility index (Phi) is 5.24. The molecular formula is C9H20S. The first kappa shape index (κ1) is 10.3. The number of hydrogen-bond acceptors (Lipinski definition) is 1. The van der Waals surface area contributed by atoms with Crippen LogP contribution in [0.2, 0.25) is 0 Å². The smallest absolute Gasteiger partial charge is 0.0126 e. The van der Waals surface area contributed by atoms with E-state index in [4.69, 9.17) is 0 Å². The van der Waals surface area contributed by atoms with Gasteiger partial charge in [-0.15, -0.1) is 0 Å². The summed E-state index contributed by atoms with van der Waals surface area (Å²) in [5, 5.41) is 0. The zero-order chi connectivity index (χ0) is 8.04. The fourth-order valence-electron chi connectivity index (χ4n) is 0.803. The highest BCUT2D eigenvalue weighted by atomic mass is 32.2. The predicted octanol–water partition coefficient (Wildman–Crippen LogP) is 3.71. The molecule has 0 unspecified atom stereocenters. The lowest BCUT2D eigenvalue weighted by atomic mass is 10.1. The lowest BCUT2D eigenvalue weighted by molar-refractivity contribution is 0.599. The molecule has 0 spiro atoms. The summed E-state index contributed by atoms with van der Waals surface area (Å²) in [6, 6.07) is 0. The monoisotopic (exact) mass is 160 g/mol. The van der Waals surface area contributed by atoms with Crippen molar-refractivity contribution >= 4 is 11.8 Å². The molecule has 0 aromatic heterocycles. The highest BCUT2D eigenvalue weighted by Crippen LogP contribution is 2.31. The lowest BCUT2D eigenvalue weighted by Gasteiger charge is -2.25. The Hall–Kier alpha value is 0.350. The highest BCUT2D eigenvalue weighted by molar-refractivity contribution is 8.00. The second kappa shape index (κ2) is 5.06. The minimum atomic E-state index is 0.552. The van der Waals surface area contributed by atoms with Gasteiger partial charge in [-0.1, -0.05) is 27.7 Å². The predicted molar refractivity (Wildman–Crippen MR) is 51.7 cm³/mol. The minimum Gasteiger partial charge on any atom is -0.155 e. The summed E-state index contributed by atoms with van der Waals surface area (Å²) < 4.78 is 0.552. The maximum Gasteiger partial charge on any atom is 0.0126 e. The first-order chi connectivity index (χ1) is 4.68. The quantitative estimate of drug-likeness (QED) is 0.591. The molecule has 0 rings (SSSR count). The van der Waals surface area contributed by atoms with Crippen LogP contribution in [-0.2, 0) is 0 Å². The van der Waals surface area contributed by atoms with Crippen LogP contribution in [0.3, 0.4) is 0 Å². The van der Waals surface area contributed by atoms with Crippen molar-refractivity contribution in [2.24, 2.45) is 0 Å². The molecule has 0 aliphatic heterocycles. The molecule has 0 aromatic carbocycles. The molecule has 0 aliphatic carbocycles. The van der Waals surface area contributed by atoms with Gasteiger partial charge in [0.25, 0.3) is 0 Å². The van der Waals surface area contributed by atoms with E-state index in [1.165, 1.54) is 25.0 Å². The third-order valence-electron chi connectivity index (χ3n) is 2.15. The van der Waals surface area contributed by atoms with Crippen molar-refractivity contribution < 1.29 is 0 Å². The zero-order valence-corrected chi connectivity index (χ0v) is 8.55. The fraction of sp³-hybridized carbons (Fsp3) is 1.00. The molecule has 0 nitrogen and oxygen atoms in total. The van der Waals surface area contributed by atoms with Crippen molar-refractivity contribution in [1.29, 1.82) is 0 Å². The molecule has 0 N–H and O–H groups in total. The van der Waals surface area contributed by atoms with E-state index < -0.39 is 0 Å². The van der Waals surface area contributed by atoms with E-state index in [1.807, 2.05) is 0 Å². The molecule has 0 aromatic rings. The average molecular weight is 160 g/mol. The second-order valence-electron chi connectivity index (χ2n) is 3.01. The van der Waals surface area contributed by atoms with Crippen molar-refractivity contribution in [2.75, 3.05) is 5.75 Å². The zero-order valence-electron chi connectivity index (χ0n) is 7.74. The molecule has 10 heavy (non-hydrogen) atoms. The Morgan fingerprint density at radius 1 is 1.10 bits per heavy atom. The van der Waals surface area contributed by atoms with E-state index in [2.05, 4.69) is 39.5 Å². The summed E-state index contributed by atoms with van der Waals surface area (Å²) in [4.78, 5) is 0. The Bertz CT molecular complexity index is 74.8. The molecule has 0 atom stereocenters.